The van der Waals surface area contributed by atoms with Gasteiger partial charge in [0.25, 0.3) is 5.91 Å². The van der Waals surface area contributed by atoms with E-state index >= 15 is 0 Å². The summed E-state index contributed by atoms with van der Waals surface area (Å²) in [6.45, 7) is 0.435. The molecule has 1 aliphatic heterocycles. The van der Waals surface area contributed by atoms with E-state index in [9.17, 15) is 9.59 Å². The van der Waals surface area contributed by atoms with Gasteiger partial charge < -0.3 is 5.32 Å². The minimum absolute atomic E-state index is 0.210. The van der Waals surface area contributed by atoms with Crippen LogP contribution in [0.3, 0.4) is 0 Å². The van der Waals surface area contributed by atoms with Crippen molar-refractivity contribution in [3.63, 3.8) is 0 Å². The zero-order valence-electron chi connectivity index (χ0n) is 15.0. The molecule has 4 rings (SSSR count). The summed E-state index contributed by atoms with van der Waals surface area (Å²) >= 11 is 0. The van der Waals surface area contributed by atoms with Gasteiger partial charge in [-0.1, -0.05) is 60.7 Å². The SMILES string of the molecule is O=C1NC[C@@H](c2ccccc2)[C@@H]1C(=O)N/N=C/c1cn[nH]c1-c1ccccc1. The van der Waals surface area contributed by atoms with E-state index in [0.717, 1.165) is 22.4 Å². The molecule has 0 bridgehead atoms. The Kier molecular flexibility index (Phi) is 4.97. The van der Waals surface area contributed by atoms with Crippen molar-refractivity contribution in [1.82, 2.24) is 20.9 Å². The second-order valence-electron chi connectivity index (χ2n) is 6.54. The number of aromatic amines is 1. The van der Waals surface area contributed by atoms with Crippen LogP contribution in [0.5, 0.6) is 0 Å². The van der Waals surface area contributed by atoms with E-state index in [2.05, 4.69) is 26.0 Å². The topological polar surface area (TPSA) is 99.2 Å². The summed E-state index contributed by atoms with van der Waals surface area (Å²) in [4.78, 5) is 24.8. The number of amides is 2. The van der Waals surface area contributed by atoms with Crippen LogP contribution in [0.2, 0.25) is 0 Å². The Morgan fingerprint density at radius 2 is 1.82 bits per heavy atom. The third-order valence-electron chi connectivity index (χ3n) is 4.80. The molecule has 2 heterocycles. The number of benzene rings is 2. The molecule has 0 spiro atoms. The first kappa shape index (κ1) is 17.7. The molecule has 0 unspecified atom stereocenters. The maximum absolute atomic E-state index is 12.6. The van der Waals surface area contributed by atoms with Crippen molar-refractivity contribution in [2.45, 2.75) is 5.92 Å². The van der Waals surface area contributed by atoms with Crippen LogP contribution in [0.4, 0.5) is 0 Å². The Morgan fingerprint density at radius 3 is 2.57 bits per heavy atom. The number of carbonyl (C=O) groups excluding carboxylic acids is 2. The molecule has 0 saturated carbocycles. The Hall–Kier alpha value is -3.74. The number of carbonyl (C=O) groups is 2. The summed E-state index contributed by atoms with van der Waals surface area (Å²) in [6, 6.07) is 19.3. The summed E-state index contributed by atoms with van der Waals surface area (Å²) in [7, 11) is 0. The molecule has 7 nitrogen and oxygen atoms in total. The highest BCUT2D eigenvalue weighted by Gasteiger charge is 2.40. The molecule has 0 aliphatic carbocycles. The molecule has 1 fully saturated rings. The number of hydrazone groups is 1. The Labute approximate surface area is 161 Å². The first-order valence-electron chi connectivity index (χ1n) is 8.98. The highest BCUT2D eigenvalue weighted by atomic mass is 16.2. The summed E-state index contributed by atoms with van der Waals surface area (Å²) in [6.07, 6.45) is 3.15. The van der Waals surface area contributed by atoms with Gasteiger partial charge in [0.05, 0.1) is 18.1 Å². The number of hydrogen-bond acceptors (Lipinski definition) is 4. The van der Waals surface area contributed by atoms with Gasteiger partial charge in [0.15, 0.2) is 0 Å². The number of nitrogens with one attached hydrogen (secondary N) is 3. The number of H-pyrrole nitrogens is 1. The number of aromatic nitrogens is 2. The van der Waals surface area contributed by atoms with Gasteiger partial charge in [0.1, 0.15) is 5.92 Å². The average molecular weight is 373 g/mol. The highest BCUT2D eigenvalue weighted by Crippen LogP contribution is 2.29. The molecular weight excluding hydrogens is 354 g/mol. The average Bonchev–Trinajstić information content (AvgIpc) is 3.36. The molecule has 2 atom stereocenters. The van der Waals surface area contributed by atoms with Gasteiger partial charge in [-0.2, -0.15) is 10.2 Å². The lowest BCUT2D eigenvalue weighted by atomic mass is 9.88. The van der Waals surface area contributed by atoms with E-state index in [1.807, 2.05) is 60.7 Å². The fourth-order valence-corrected chi connectivity index (χ4v) is 3.40. The molecule has 2 amide bonds. The maximum Gasteiger partial charge on any atom is 0.253 e. The molecule has 3 aromatic rings. The molecule has 140 valence electrons. The van der Waals surface area contributed by atoms with Crippen LogP contribution in [-0.2, 0) is 9.59 Å². The van der Waals surface area contributed by atoms with E-state index in [1.165, 1.54) is 6.21 Å². The lowest BCUT2D eigenvalue weighted by Crippen LogP contribution is -2.34. The summed E-state index contributed by atoms with van der Waals surface area (Å²) < 4.78 is 0. The number of rotatable bonds is 5. The molecule has 1 saturated heterocycles. The van der Waals surface area contributed by atoms with Crippen LogP contribution < -0.4 is 10.7 Å². The van der Waals surface area contributed by atoms with E-state index in [0.29, 0.717) is 6.54 Å². The zero-order valence-corrected chi connectivity index (χ0v) is 15.0. The molecule has 3 N–H and O–H groups in total. The van der Waals surface area contributed by atoms with E-state index in [4.69, 9.17) is 0 Å². The predicted octanol–water partition coefficient (Wildman–Crippen LogP) is 2.06. The van der Waals surface area contributed by atoms with Gasteiger partial charge in [0, 0.05) is 23.6 Å². The minimum atomic E-state index is -0.808. The standard InChI is InChI=1S/C21H19N5O2/c27-20-18(17(13-22-20)14-7-3-1-4-8-14)21(28)26-24-12-16-11-23-25-19(16)15-9-5-2-6-10-15/h1-12,17-18H,13H2,(H,22,27)(H,23,25)(H,26,28)/b24-12+/t17-,18-/m0/s1. The molecule has 1 aliphatic rings. The smallest absolute Gasteiger partial charge is 0.253 e. The monoisotopic (exact) mass is 373 g/mol. The van der Waals surface area contributed by atoms with Gasteiger partial charge in [-0.05, 0) is 5.56 Å². The third kappa shape index (κ3) is 3.55. The molecule has 2 aromatic carbocycles. The molecule has 1 aromatic heterocycles. The van der Waals surface area contributed by atoms with Crippen LogP contribution in [0.25, 0.3) is 11.3 Å². The third-order valence-corrected chi connectivity index (χ3v) is 4.80. The van der Waals surface area contributed by atoms with Gasteiger partial charge in [0.2, 0.25) is 5.91 Å². The van der Waals surface area contributed by atoms with E-state index in [1.54, 1.807) is 6.20 Å². The van der Waals surface area contributed by atoms with E-state index in [-0.39, 0.29) is 11.8 Å². The van der Waals surface area contributed by atoms with Crippen LogP contribution in [0.1, 0.15) is 17.0 Å². The van der Waals surface area contributed by atoms with Crippen LogP contribution in [0, 0.1) is 5.92 Å². The summed E-state index contributed by atoms with van der Waals surface area (Å²) in [5.41, 5.74) is 5.96. The van der Waals surface area contributed by atoms with Gasteiger partial charge in [-0.15, -0.1) is 0 Å². The lowest BCUT2D eigenvalue weighted by Gasteiger charge is -2.15. The van der Waals surface area contributed by atoms with Crippen LogP contribution in [-0.4, -0.2) is 34.8 Å². The van der Waals surface area contributed by atoms with Crippen molar-refractivity contribution < 1.29 is 9.59 Å². The molecule has 28 heavy (non-hydrogen) atoms. The van der Waals surface area contributed by atoms with Crippen molar-refractivity contribution in [3.05, 3.63) is 78.0 Å². The lowest BCUT2D eigenvalue weighted by molar-refractivity contribution is -0.133. The number of hydrogen-bond donors (Lipinski definition) is 3. The first-order valence-corrected chi connectivity index (χ1v) is 8.98. The normalized spacial score (nSPS) is 18.9. The molecular formula is C21H19N5O2. The van der Waals surface area contributed by atoms with Gasteiger partial charge in [-0.3, -0.25) is 14.7 Å². The van der Waals surface area contributed by atoms with Crippen molar-refractivity contribution in [3.8, 4) is 11.3 Å². The Balaban J connectivity index is 1.47. The van der Waals surface area contributed by atoms with Gasteiger partial charge in [-0.25, -0.2) is 5.43 Å². The second-order valence-corrected chi connectivity index (χ2v) is 6.54. The van der Waals surface area contributed by atoms with Gasteiger partial charge >= 0.3 is 0 Å². The predicted molar refractivity (Wildman–Crippen MR) is 105 cm³/mol. The Morgan fingerprint density at radius 1 is 1.11 bits per heavy atom. The minimum Gasteiger partial charge on any atom is -0.355 e. The zero-order chi connectivity index (χ0) is 19.3. The second kappa shape index (κ2) is 7.87. The Bertz CT molecular complexity index is 998. The van der Waals surface area contributed by atoms with Crippen LogP contribution >= 0.6 is 0 Å². The summed E-state index contributed by atoms with van der Waals surface area (Å²) in [5.74, 6) is -1.73. The van der Waals surface area contributed by atoms with Crippen LogP contribution in [0.15, 0.2) is 72.0 Å². The van der Waals surface area contributed by atoms with Crippen molar-refractivity contribution in [2.24, 2.45) is 11.0 Å². The fraction of sp³-hybridized carbons (Fsp3) is 0.143. The molecule has 7 heteroatoms. The van der Waals surface area contributed by atoms with Crippen molar-refractivity contribution in [1.29, 1.82) is 0 Å². The fourth-order valence-electron chi connectivity index (χ4n) is 3.40. The van der Waals surface area contributed by atoms with Crippen molar-refractivity contribution >= 4 is 18.0 Å². The quantitative estimate of drug-likeness (QED) is 0.363. The van der Waals surface area contributed by atoms with Crippen molar-refractivity contribution in [2.75, 3.05) is 6.54 Å². The van der Waals surface area contributed by atoms with E-state index < -0.39 is 11.8 Å². The highest BCUT2D eigenvalue weighted by molar-refractivity contribution is 6.03. The number of nitrogens with zero attached hydrogens (tertiary/aromatic N) is 2. The maximum atomic E-state index is 12.6. The summed E-state index contributed by atoms with van der Waals surface area (Å²) in [5, 5.41) is 13.8. The first-order chi connectivity index (χ1) is 13.7. The molecule has 0 radical (unpaired) electrons. The largest absolute Gasteiger partial charge is 0.355 e.